The van der Waals surface area contributed by atoms with Crippen molar-refractivity contribution in [2.75, 3.05) is 32.1 Å². The van der Waals surface area contributed by atoms with Crippen LogP contribution in [0.1, 0.15) is 43.6 Å². The molecule has 0 saturated heterocycles. The number of carboxylic acid groups (broad SMARTS) is 2. The van der Waals surface area contributed by atoms with Crippen LogP contribution in [0.4, 0.5) is 5.69 Å². The van der Waals surface area contributed by atoms with E-state index in [4.69, 9.17) is 32.0 Å². The smallest absolute Gasteiger partial charge is 0.337 e. The van der Waals surface area contributed by atoms with E-state index in [9.17, 15) is 34.5 Å². The Morgan fingerprint density at radius 3 is 2.11 bits per heavy atom. The predicted molar refractivity (Wildman–Crippen MR) is 235 cm³/mol. The fourth-order valence-corrected chi connectivity index (χ4v) is 8.25. The maximum Gasteiger partial charge on any atom is 0.337 e. The van der Waals surface area contributed by atoms with Gasteiger partial charge in [0.1, 0.15) is 28.4 Å². The number of fused-ring (bicyclic) bond motifs is 4. The third-order valence-electron chi connectivity index (χ3n) is 10.4. The molecule has 4 aromatic rings. The van der Waals surface area contributed by atoms with E-state index in [1.54, 1.807) is 42.5 Å². The first-order chi connectivity index (χ1) is 29.2. The van der Waals surface area contributed by atoms with Gasteiger partial charge < -0.3 is 34.4 Å². The standard InChI is InChI=1S/C47H35Cl2N3O9/c1-4-50-24-6-11-31-36(18-24)60-37-19-25(52(2)3)7-12-32(37)41(31)42-35(48)22-34(44(49)43(42)47(58)59)45(55)51-16-15-23-5-10-28(33(17-23)46(56)57)40-29-13-8-26(53)20-38(29)61-39-21-27(54)9-14-30(39)40/h5-14,17-22,53H,4,15-16H2,1-3H3,(H,51,55)(H,56,57)(H,58,59). The first-order valence-electron chi connectivity index (χ1n) is 19.0. The summed E-state index contributed by atoms with van der Waals surface area (Å²) in [6.45, 7) is 2.47. The van der Waals surface area contributed by atoms with Crippen LogP contribution >= 0.6 is 23.2 Å². The Labute approximate surface area is 357 Å². The Balaban J connectivity index is 1.14. The van der Waals surface area contributed by atoms with Gasteiger partial charge in [-0.25, -0.2) is 9.59 Å². The highest BCUT2D eigenvalue weighted by atomic mass is 35.5. The average Bonchev–Trinajstić information content (AvgIpc) is 3.22. The number of aromatic hydroxyl groups is 1. The number of amides is 1. The summed E-state index contributed by atoms with van der Waals surface area (Å²) in [6.07, 6.45) is 0.188. The first kappa shape index (κ1) is 40.6. The fraction of sp³-hybridized carbons (Fsp3) is 0.128. The molecule has 0 fully saturated rings. The molecule has 14 heteroatoms. The highest BCUT2D eigenvalue weighted by molar-refractivity contribution is 6.41. The van der Waals surface area contributed by atoms with E-state index in [2.05, 4.69) is 10.3 Å². The normalized spacial score (nSPS) is 11.8. The van der Waals surface area contributed by atoms with Crippen LogP contribution in [0.2, 0.25) is 10.0 Å². The second-order valence-electron chi connectivity index (χ2n) is 14.5. The summed E-state index contributed by atoms with van der Waals surface area (Å²) in [6, 6.07) is 25.8. The summed E-state index contributed by atoms with van der Waals surface area (Å²) in [5.41, 5.74) is 3.72. The van der Waals surface area contributed by atoms with Crippen LogP contribution in [-0.2, 0) is 6.42 Å². The zero-order valence-corrected chi connectivity index (χ0v) is 34.3. The third-order valence-corrected chi connectivity index (χ3v) is 11.1. The molecule has 0 bridgehead atoms. The van der Waals surface area contributed by atoms with Crippen molar-refractivity contribution < 1.29 is 38.5 Å². The molecule has 2 aliphatic carbocycles. The lowest BCUT2D eigenvalue weighted by Crippen LogP contribution is -2.26. The van der Waals surface area contributed by atoms with Crippen LogP contribution < -0.4 is 21.0 Å². The Hall–Kier alpha value is -7.15. The molecule has 2 heterocycles. The van der Waals surface area contributed by atoms with Crippen molar-refractivity contribution in [1.82, 2.24) is 5.32 Å². The van der Waals surface area contributed by atoms with E-state index in [1.807, 2.05) is 44.1 Å². The molecule has 12 nitrogen and oxygen atoms in total. The molecule has 1 amide bonds. The number of aromatic carboxylic acids is 2. The summed E-state index contributed by atoms with van der Waals surface area (Å²) in [5, 5.41) is 35.4. The van der Waals surface area contributed by atoms with Crippen molar-refractivity contribution in [3.63, 3.8) is 0 Å². The molecule has 4 aliphatic rings. The second-order valence-corrected chi connectivity index (χ2v) is 15.3. The number of phenolic OH excluding ortho intramolecular Hbond substituents is 1. The molecule has 0 saturated carbocycles. The number of carbonyl (C=O) groups is 3. The third kappa shape index (κ3) is 7.51. The lowest BCUT2D eigenvalue weighted by Gasteiger charge is -2.21. The van der Waals surface area contributed by atoms with Crippen molar-refractivity contribution in [2.24, 2.45) is 4.99 Å². The van der Waals surface area contributed by atoms with Crippen molar-refractivity contribution in [2.45, 2.75) is 13.3 Å². The number of rotatable bonds is 10. The fourth-order valence-electron chi connectivity index (χ4n) is 7.64. The lowest BCUT2D eigenvalue weighted by molar-refractivity contribution is 0.0686. The van der Waals surface area contributed by atoms with Crippen LogP contribution in [0.25, 0.3) is 66.8 Å². The van der Waals surface area contributed by atoms with Crippen LogP contribution in [0, 0.1) is 0 Å². The van der Waals surface area contributed by atoms with Crippen molar-refractivity contribution in [3.8, 4) is 50.7 Å². The predicted octanol–water partition coefficient (Wildman–Crippen LogP) is 9.45. The number of phenols is 1. The Morgan fingerprint density at radius 1 is 0.721 bits per heavy atom. The zero-order valence-electron chi connectivity index (χ0n) is 32.8. The molecule has 0 aromatic heterocycles. The minimum Gasteiger partial charge on any atom is -0.508 e. The molecule has 0 radical (unpaired) electrons. The molecule has 4 N–H and O–H groups in total. The van der Waals surface area contributed by atoms with E-state index in [1.165, 1.54) is 36.4 Å². The molecule has 0 unspecified atom stereocenters. The minimum absolute atomic E-state index is 0.0196. The van der Waals surface area contributed by atoms with Gasteiger partial charge in [0, 0.05) is 95.7 Å². The molecular weight excluding hydrogens is 821 g/mol. The molecule has 0 spiro atoms. The summed E-state index contributed by atoms with van der Waals surface area (Å²) in [4.78, 5) is 58.2. The topological polar surface area (TPSA) is 183 Å². The summed E-state index contributed by atoms with van der Waals surface area (Å²) in [7, 11) is 3.78. The number of halogens is 2. The van der Waals surface area contributed by atoms with Gasteiger partial charge in [0.15, 0.2) is 5.43 Å². The van der Waals surface area contributed by atoms with Crippen molar-refractivity contribution >= 4 is 68.7 Å². The van der Waals surface area contributed by atoms with Gasteiger partial charge in [-0.15, -0.1) is 0 Å². The molecule has 0 atom stereocenters. The number of nitrogens with zero attached hydrogens (tertiary/aromatic N) is 2. The Kier molecular flexibility index (Phi) is 10.7. The number of carboxylic acids is 2. The van der Waals surface area contributed by atoms with Crippen LogP contribution in [0.5, 0.6) is 5.75 Å². The van der Waals surface area contributed by atoms with Gasteiger partial charge in [-0.3, -0.25) is 14.6 Å². The quantitative estimate of drug-likeness (QED) is 0.0967. The van der Waals surface area contributed by atoms with Gasteiger partial charge in [0.2, 0.25) is 0 Å². The van der Waals surface area contributed by atoms with Crippen molar-refractivity contribution in [1.29, 1.82) is 0 Å². The van der Waals surface area contributed by atoms with Crippen LogP contribution in [0.15, 0.2) is 116 Å². The molecule has 4 aromatic carbocycles. The molecular formula is C47H35Cl2N3O9. The number of carbonyl (C=O) groups excluding carboxylic acids is 1. The summed E-state index contributed by atoms with van der Waals surface area (Å²) >= 11 is 13.8. The van der Waals surface area contributed by atoms with Gasteiger partial charge >= 0.3 is 11.9 Å². The number of hydrogen-bond acceptors (Lipinski definition) is 9. The number of hydrogen-bond donors (Lipinski definition) is 4. The minimum atomic E-state index is -1.40. The van der Waals surface area contributed by atoms with E-state index in [0.717, 1.165) is 5.69 Å². The Morgan fingerprint density at radius 2 is 1.39 bits per heavy atom. The van der Waals surface area contributed by atoms with E-state index < -0.39 is 17.8 Å². The zero-order chi connectivity index (χ0) is 43.3. The SMILES string of the molecule is CCN=c1ccc2c(-c3c(Cl)cc(C(=O)NCCc4ccc(-c5c6ccc(=O)cc-6oc6cc(O)ccc56)c(C(=O)O)c4)c(Cl)c3C(=O)O)c3ccc(N(C)C)cc3oc-2c1. The van der Waals surface area contributed by atoms with Gasteiger partial charge in [0.25, 0.3) is 5.91 Å². The van der Waals surface area contributed by atoms with Crippen molar-refractivity contribution in [3.05, 3.63) is 145 Å². The summed E-state index contributed by atoms with van der Waals surface area (Å²) in [5.74, 6) is -2.72. The molecule has 8 rings (SSSR count). The van der Waals surface area contributed by atoms with E-state index in [0.29, 0.717) is 67.4 Å². The van der Waals surface area contributed by atoms with Gasteiger partial charge in [-0.1, -0.05) is 35.3 Å². The van der Waals surface area contributed by atoms with Crippen LogP contribution in [-0.4, -0.2) is 60.4 Å². The van der Waals surface area contributed by atoms with Gasteiger partial charge in [0.05, 0.1) is 32.1 Å². The van der Waals surface area contributed by atoms with Gasteiger partial charge in [-0.05, 0) is 85.1 Å². The van der Waals surface area contributed by atoms with E-state index >= 15 is 0 Å². The molecule has 2 aliphatic heterocycles. The van der Waals surface area contributed by atoms with Gasteiger partial charge in [-0.2, -0.15) is 0 Å². The van der Waals surface area contributed by atoms with E-state index in [-0.39, 0.29) is 67.8 Å². The van der Waals surface area contributed by atoms with Crippen LogP contribution in [0.3, 0.4) is 0 Å². The maximum atomic E-state index is 13.7. The highest BCUT2D eigenvalue weighted by Crippen LogP contribution is 2.47. The summed E-state index contributed by atoms with van der Waals surface area (Å²) < 4.78 is 12.3. The molecule has 61 heavy (non-hydrogen) atoms. The number of anilines is 1. The lowest BCUT2D eigenvalue weighted by atomic mass is 9.89. The monoisotopic (exact) mass is 855 g/mol. The molecule has 306 valence electrons. The number of nitrogens with one attached hydrogen (secondary N) is 1. The largest absolute Gasteiger partial charge is 0.508 e. The average molecular weight is 857 g/mol. The number of benzene rings is 6. The second kappa shape index (κ2) is 16.1. The highest BCUT2D eigenvalue weighted by Gasteiger charge is 2.30. The first-order valence-corrected chi connectivity index (χ1v) is 19.8. The maximum absolute atomic E-state index is 13.7. The Bertz CT molecular complexity index is 3190.